The van der Waals surface area contributed by atoms with Gasteiger partial charge in [0, 0.05) is 38.0 Å². The second kappa shape index (κ2) is 8.10. The SMILES string of the molecule is CN(C)c1ccnc(Cc2ccc(NC(=O)c3ccc4ccccc4c3)cc2)n1. The molecule has 1 N–H and O–H groups in total. The summed E-state index contributed by atoms with van der Waals surface area (Å²) in [4.78, 5) is 23.4. The summed E-state index contributed by atoms with van der Waals surface area (Å²) in [6.45, 7) is 0. The van der Waals surface area contributed by atoms with Gasteiger partial charge >= 0.3 is 0 Å². The van der Waals surface area contributed by atoms with Crippen LogP contribution in [0.1, 0.15) is 21.7 Å². The number of amides is 1. The van der Waals surface area contributed by atoms with Crippen molar-refractivity contribution in [3.63, 3.8) is 0 Å². The van der Waals surface area contributed by atoms with Gasteiger partial charge in [-0.05, 0) is 46.7 Å². The average molecular weight is 382 g/mol. The molecule has 0 aliphatic heterocycles. The van der Waals surface area contributed by atoms with Gasteiger partial charge in [-0.15, -0.1) is 0 Å². The van der Waals surface area contributed by atoms with Crippen molar-refractivity contribution in [2.45, 2.75) is 6.42 Å². The van der Waals surface area contributed by atoms with E-state index in [-0.39, 0.29) is 5.91 Å². The maximum Gasteiger partial charge on any atom is 0.255 e. The summed E-state index contributed by atoms with van der Waals surface area (Å²) in [6.07, 6.45) is 2.41. The fourth-order valence-electron chi connectivity index (χ4n) is 3.14. The van der Waals surface area contributed by atoms with Crippen molar-refractivity contribution in [2.75, 3.05) is 24.3 Å². The molecule has 1 amide bonds. The molecule has 1 aromatic heterocycles. The highest BCUT2D eigenvalue weighted by Crippen LogP contribution is 2.18. The van der Waals surface area contributed by atoms with E-state index in [1.807, 2.05) is 91.8 Å². The predicted octanol–water partition coefficient (Wildman–Crippen LogP) is 4.54. The number of carbonyl (C=O) groups excluding carboxylic acids is 1. The van der Waals surface area contributed by atoms with E-state index in [9.17, 15) is 4.79 Å². The minimum Gasteiger partial charge on any atom is -0.363 e. The number of hydrogen-bond acceptors (Lipinski definition) is 4. The van der Waals surface area contributed by atoms with E-state index in [0.29, 0.717) is 12.0 Å². The van der Waals surface area contributed by atoms with Crippen molar-refractivity contribution < 1.29 is 4.79 Å². The van der Waals surface area contributed by atoms with Crippen molar-refractivity contribution in [1.82, 2.24) is 9.97 Å². The number of anilines is 2. The zero-order chi connectivity index (χ0) is 20.2. The highest BCUT2D eigenvalue weighted by atomic mass is 16.1. The van der Waals surface area contributed by atoms with Gasteiger partial charge in [-0.1, -0.05) is 42.5 Å². The van der Waals surface area contributed by atoms with Crippen LogP contribution in [0.2, 0.25) is 0 Å². The molecule has 5 nitrogen and oxygen atoms in total. The number of benzene rings is 3. The van der Waals surface area contributed by atoms with Gasteiger partial charge in [-0.25, -0.2) is 9.97 Å². The summed E-state index contributed by atoms with van der Waals surface area (Å²) in [5.41, 5.74) is 2.49. The van der Waals surface area contributed by atoms with Crippen molar-refractivity contribution in [3.05, 3.63) is 95.9 Å². The molecule has 4 aromatic rings. The lowest BCUT2D eigenvalue weighted by molar-refractivity contribution is 0.102. The second-order valence-corrected chi connectivity index (χ2v) is 7.12. The van der Waals surface area contributed by atoms with Gasteiger partial charge in [0.1, 0.15) is 11.6 Å². The van der Waals surface area contributed by atoms with Gasteiger partial charge in [0.25, 0.3) is 5.91 Å². The molecule has 0 saturated heterocycles. The molecule has 3 aromatic carbocycles. The molecule has 29 heavy (non-hydrogen) atoms. The third-order valence-corrected chi connectivity index (χ3v) is 4.73. The second-order valence-electron chi connectivity index (χ2n) is 7.12. The molecule has 5 heteroatoms. The van der Waals surface area contributed by atoms with Crippen LogP contribution in [0.5, 0.6) is 0 Å². The summed E-state index contributed by atoms with van der Waals surface area (Å²) < 4.78 is 0. The van der Waals surface area contributed by atoms with E-state index >= 15 is 0 Å². The predicted molar refractivity (Wildman–Crippen MR) is 118 cm³/mol. The fraction of sp³-hybridized carbons (Fsp3) is 0.125. The molecule has 0 aliphatic rings. The molecule has 0 saturated carbocycles. The third kappa shape index (κ3) is 4.41. The van der Waals surface area contributed by atoms with Crippen LogP contribution in [0.15, 0.2) is 79.0 Å². The van der Waals surface area contributed by atoms with Gasteiger partial charge in [0.2, 0.25) is 0 Å². The van der Waals surface area contributed by atoms with Crippen LogP contribution in [0, 0.1) is 0 Å². The van der Waals surface area contributed by atoms with E-state index in [0.717, 1.165) is 33.7 Å². The first-order valence-electron chi connectivity index (χ1n) is 9.47. The molecule has 0 spiro atoms. The fourth-order valence-corrected chi connectivity index (χ4v) is 3.14. The molecule has 0 atom stereocenters. The molecule has 0 unspecified atom stereocenters. The lowest BCUT2D eigenvalue weighted by atomic mass is 10.1. The minimum absolute atomic E-state index is 0.120. The lowest BCUT2D eigenvalue weighted by Gasteiger charge is -2.11. The van der Waals surface area contributed by atoms with Crippen molar-refractivity contribution in [2.24, 2.45) is 0 Å². The zero-order valence-electron chi connectivity index (χ0n) is 16.5. The minimum atomic E-state index is -0.120. The summed E-state index contributed by atoms with van der Waals surface area (Å²) in [7, 11) is 3.91. The zero-order valence-corrected chi connectivity index (χ0v) is 16.5. The van der Waals surface area contributed by atoms with Crippen molar-refractivity contribution >= 4 is 28.2 Å². The number of hydrogen-bond donors (Lipinski definition) is 1. The number of rotatable bonds is 5. The largest absolute Gasteiger partial charge is 0.363 e. The summed E-state index contributed by atoms with van der Waals surface area (Å²) >= 11 is 0. The van der Waals surface area contributed by atoms with Crippen LogP contribution in [0.4, 0.5) is 11.5 Å². The quantitative estimate of drug-likeness (QED) is 0.551. The van der Waals surface area contributed by atoms with Gasteiger partial charge in [0.15, 0.2) is 0 Å². The Hall–Kier alpha value is -3.73. The smallest absolute Gasteiger partial charge is 0.255 e. The summed E-state index contributed by atoms with van der Waals surface area (Å²) in [6, 6.07) is 23.4. The first kappa shape index (κ1) is 18.6. The van der Waals surface area contributed by atoms with Crippen LogP contribution in [0.3, 0.4) is 0 Å². The van der Waals surface area contributed by atoms with Crippen LogP contribution in [-0.4, -0.2) is 30.0 Å². The van der Waals surface area contributed by atoms with Crippen LogP contribution < -0.4 is 10.2 Å². The Morgan fingerprint density at radius 3 is 2.45 bits per heavy atom. The first-order chi connectivity index (χ1) is 14.1. The molecule has 0 bridgehead atoms. The van der Waals surface area contributed by atoms with Gasteiger partial charge in [-0.3, -0.25) is 4.79 Å². The van der Waals surface area contributed by atoms with Gasteiger partial charge in [-0.2, -0.15) is 0 Å². The average Bonchev–Trinajstić information content (AvgIpc) is 2.75. The van der Waals surface area contributed by atoms with E-state index < -0.39 is 0 Å². The van der Waals surface area contributed by atoms with E-state index in [4.69, 9.17) is 0 Å². The monoisotopic (exact) mass is 382 g/mol. The Morgan fingerprint density at radius 2 is 1.69 bits per heavy atom. The molecule has 144 valence electrons. The third-order valence-electron chi connectivity index (χ3n) is 4.73. The first-order valence-corrected chi connectivity index (χ1v) is 9.47. The molecular formula is C24H22N4O. The Morgan fingerprint density at radius 1 is 0.931 bits per heavy atom. The van der Waals surface area contributed by atoms with Crippen LogP contribution in [-0.2, 0) is 6.42 Å². The van der Waals surface area contributed by atoms with Crippen molar-refractivity contribution in [3.8, 4) is 0 Å². The lowest BCUT2D eigenvalue weighted by Crippen LogP contribution is -2.12. The maximum atomic E-state index is 12.6. The molecule has 0 radical (unpaired) electrons. The summed E-state index contributed by atoms with van der Waals surface area (Å²) in [5.74, 6) is 1.53. The Labute approximate surface area is 170 Å². The molecular weight excluding hydrogens is 360 g/mol. The molecule has 0 fully saturated rings. The van der Waals surface area contributed by atoms with Crippen LogP contribution in [0.25, 0.3) is 10.8 Å². The molecule has 0 aliphatic carbocycles. The standard InChI is InChI=1S/C24H22N4O/c1-28(2)23-13-14-25-22(27-23)15-17-7-11-21(12-8-17)26-24(29)20-10-9-18-5-3-4-6-19(18)16-20/h3-14,16H,15H2,1-2H3,(H,26,29). The van der Waals surface area contributed by atoms with Gasteiger partial charge in [0.05, 0.1) is 0 Å². The number of nitrogens with zero attached hydrogens (tertiary/aromatic N) is 3. The maximum absolute atomic E-state index is 12.6. The topological polar surface area (TPSA) is 58.1 Å². The van der Waals surface area contributed by atoms with E-state index in [2.05, 4.69) is 15.3 Å². The van der Waals surface area contributed by atoms with Gasteiger partial charge < -0.3 is 10.2 Å². The normalized spacial score (nSPS) is 10.7. The number of aromatic nitrogens is 2. The Balaban J connectivity index is 1.44. The molecule has 1 heterocycles. The molecule has 4 rings (SSSR count). The van der Waals surface area contributed by atoms with E-state index in [1.54, 1.807) is 6.20 Å². The number of fused-ring (bicyclic) bond motifs is 1. The summed E-state index contributed by atoms with van der Waals surface area (Å²) in [5, 5.41) is 5.13. The highest BCUT2D eigenvalue weighted by Gasteiger charge is 2.08. The Bertz CT molecular complexity index is 1150. The van der Waals surface area contributed by atoms with Crippen molar-refractivity contribution in [1.29, 1.82) is 0 Å². The number of nitrogens with one attached hydrogen (secondary N) is 1. The number of carbonyl (C=O) groups is 1. The highest BCUT2D eigenvalue weighted by molar-refractivity contribution is 6.06. The van der Waals surface area contributed by atoms with E-state index in [1.165, 1.54) is 0 Å². The van der Waals surface area contributed by atoms with Crippen LogP contribution >= 0.6 is 0 Å². The Kier molecular flexibility index (Phi) is 5.20.